The van der Waals surface area contributed by atoms with Crippen LogP contribution < -0.4 is 10.3 Å². The Morgan fingerprint density at radius 2 is 1.93 bits per heavy atom. The average molecular weight is 396 g/mol. The zero-order chi connectivity index (χ0) is 19.8. The summed E-state index contributed by atoms with van der Waals surface area (Å²) in [4.78, 5) is 12.3. The van der Waals surface area contributed by atoms with E-state index >= 15 is 0 Å². The molecule has 0 fully saturated rings. The van der Waals surface area contributed by atoms with Gasteiger partial charge in [-0.15, -0.1) is 0 Å². The summed E-state index contributed by atoms with van der Waals surface area (Å²) in [7, 11) is -4.02. The van der Waals surface area contributed by atoms with Gasteiger partial charge in [0, 0.05) is 37.3 Å². The molecule has 0 atom stereocenters. The zero-order valence-electron chi connectivity index (χ0n) is 14.7. The highest BCUT2D eigenvalue weighted by Crippen LogP contribution is 2.16. The second-order valence-electron chi connectivity index (χ2n) is 5.88. The third-order valence-corrected chi connectivity index (χ3v) is 5.52. The van der Waals surface area contributed by atoms with Crippen molar-refractivity contribution in [2.75, 3.05) is 0 Å². The molecule has 1 aromatic carbocycles. The van der Waals surface area contributed by atoms with Crippen LogP contribution in [0, 0.1) is 11.6 Å². The number of nitrogens with zero attached hydrogens (tertiary/aromatic N) is 3. The third kappa shape index (κ3) is 3.62. The van der Waals surface area contributed by atoms with E-state index in [1.54, 1.807) is 6.92 Å². The molecule has 0 unspecified atom stereocenters. The summed E-state index contributed by atoms with van der Waals surface area (Å²) in [5.41, 5.74) is -0.203. The Hall–Kier alpha value is -2.59. The zero-order valence-corrected chi connectivity index (χ0v) is 15.6. The highest BCUT2D eigenvalue weighted by molar-refractivity contribution is 7.89. The lowest BCUT2D eigenvalue weighted by Gasteiger charge is -2.07. The molecule has 0 saturated carbocycles. The van der Waals surface area contributed by atoms with Crippen LogP contribution in [0.3, 0.4) is 0 Å². The van der Waals surface area contributed by atoms with Crippen molar-refractivity contribution in [3.8, 4) is 0 Å². The normalized spacial score (nSPS) is 12.0. The molecule has 1 N–H and O–H groups in total. The van der Waals surface area contributed by atoms with Crippen molar-refractivity contribution in [1.29, 1.82) is 0 Å². The van der Waals surface area contributed by atoms with Crippen molar-refractivity contribution in [3.63, 3.8) is 0 Å². The van der Waals surface area contributed by atoms with E-state index in [1.807, 2.05) is 6.92 Å². The van der Waals surface area contributed by atoms with E-state index in [0.717, 1.165) is 6.07 Å². The van der Waals surface area contributed by atoms with Crippen LogP contribution in [0.1, 0.15) is 25.2 Å². The van der Waals surface area contributed by atoms with Gasteiger partial charge in [-0.2, -0.15) is 5.10 Å². The molecule has 3 rings (SSSR count). The summed E-state index contributed by atoms with van der Waals surface area (Å²) < 4.78 is 56.8. The van der Waals surface area contributed by atoms with Crippen molar-refractivity contribution in [3.05, 3.63) is 63.8 Å². The number of hydrogen-bond acceptors (Lipinski definition) is 4. The van der Waals surface area contributed by atoms with Gasteiger partial charge >= 0.3 is 0 Å². The number of rotatable bonds is 6. The predicted octanol–water partition coefficient (Wildman–Crippen LogP) is 1.83. The Morgan fingerprint density at radius 1 is 1.19 bits per heavy atom. The number of aromatic nitrogens is 3. The van der Waals surface area contributed by atoms with Crippen LogP contribution in [0.5, 0.6) is 0 Å². The first-order chi connectivity index (χ1) is 12.8. The first kappa shape index (κ1) is 19.2. The molecular formula is C17H18F2N4O3S. The molecule has 0 amide bonds. The van der Waals surface area contributed by atoms with Crippen molar-refractivity contribution < 1.29 is 17.2 Å². The van der Waals surface area contributed by atoms with E-state index in [2.05, 4.69) is 9.82 Å². The lowest BCUT2D eigenvalue weighted by atomic mass is 10.2. The number of benzene rings is 1. The lowest BCUT2D eigenvalue weighted by molar-refractivity contribution is 0.562. The van der Waals surface area contributed by atoms with Gasteiger partial charge in [-0.25, -0.2) is 26.6 Å². The van der Waals surface area contributed by atoms with Crippen LogP contribution in [0.2, 0.25) is 0 Å². The first-order valence-corrected chi connectivity index (χ1v) is 9.80. The molecule has 2 heterocycles. The van der Waals surface area contributed by atoms with Gasteiger partial charge in [0.1, 0.15) is 27.9 Å². The maximum absolute atomic E-state index is 13.7. The maximum Gasteiger partial charge on any atom is 0.291 e. The average Bonchev–Trinajstić information content (AvgIpc) is 3.08. The molecule has 2 aromatic heterocycles. The van der Waals surface area contributed by atoms with Gasteiger partial charge in [-0.1, -0.05) is 13.0 Å². The molecule has 27 heavy (non-hydrogen) atoms. The van der Waals surface area contributed by atoms with Crippen LogP contribution in [-0.2, 0) is 29.5 Å². The monoisotopic (exact) mass is 396 g/mol. The summed E-state index contributed by atoms with van der Waals surface area (Å²) in [6.45, 7) is 3.62. The standard InChI is InChI=1S/C17H18F2N4O3S/c1-3-16-21-23(4-2)17(24)15-8-13(10-22(15)16)27(25,26)20-9-11-5-6-12(18)7-14(11)19/h5-8,10,20H,3-4,9H2,1-2H3. The van der Waals surface area contributed by atoms with Crippen LogP contribution in [0.15, 0.2) is 40.2 Å². The highest BCUT2D eigenvalue weighted by Gasteiger charge is 2.20. The number of hydrogen-bond donors (Lipinski definition) is 1. The van der Waals surface area contributed by atoms with E-state index in [1.165, 1.54) is 27.4 Å². The van der Waals surface area contributed by atoms with E-state index in [-0.39, 0.29) is 22.5 Å². The Morgan fingerprint density at radius 3 is 2.56 bits per heavy atom. The van der Waals surface area contributed by atoms with E-state index < -0.39 is 27.2 Å². The summed E-state index contributed by atoms with van der Waals surface area (Å²) in [5, 5.41) is 4.21. The summed E-state index contributed by atoms with van der Waals surface area (Å²) in [6, 6.07) is 4.16. The molecule has 0 saturated heterocycles. The number of sulfonamides is 1. The molecule has 0 radical (unpaired) electrons. The van der Waals surface area contributed by atoms with Gasteiger partial charge in [0.15, 0.2) is 0 Å². The van der Waals surface area contributed by atoms with Crippen molar-refractivity contribution in [2.24, 2.45) is 0 Å². The van der Waals surface area contributed by atoms with Crippen LogP contribution in [-0.4, -0.2) is 22.6 Å². The Labute approximate surface area is 154 Å². The summed E-state index contributed by atoms with van der Waals surface area (Å²) in [6.07, 6.45) is 1.81. The Kier molecular flexibility index (Phi) is 5.11. The van der Waals surface area contributed by atoms with Crippen LogP contribution in [0.25, 0.3) is 5.52 Å². The fourth-order valence-electron chi connectivity index (χ4n) is 2.71. The summed E-state index contributed by atoms with van der Waals surface area (Å²) in [5.74, 6) is -1.05. The smallest absolute Gasteiger partial charge is 0.291 e. The van der Waals surface area contributed by atoms with Crippen molar-refractivity contribution >= 4 is 15.5 Å². The van der Waals surface area contributed by atoms with Gasteiger partial charge in [-0.05, 0) is 19.1 Å². The molecule has 0 spiro atoms. The lowest BCUT2D eigenvalue weighted by Crippen LogP contribution is -2.26. The van der Waals surface area contributed by atoms with Crippen LogP contribution in [0.4, 0.5) is 8.78 Å². The SMILES string of the molecule is CCc1nn(CC)c(=O)c2cc(S(=O)(=O)NCc3ccc(F)cc3F)cn12. The number of halogens is 2. The van der Waals surface area contributed by atoms with Gasteiger partial charge in [0.05, 0.1) is 0 Å². The van der Waals surface area contributed by atoms with Gasteiger partial charge in [0.25, 0.3) is 5.56 Å². The number of aryl methyl sites for hydroxylation is 2. The molecule has 0 aliphatic rings. The fraction of sp³-hybridized carbons (Fsp3) is 0.294. The maximum atomic E-state index is 13.7. The number of nitrogens with one attached hydrogen (secondary N) is 1. The topological polar surface area (TPSA) is 85.5 Å². The van der Waals surface area contributed by atoms with E-state index in [4.69, 9.17) is 0 Å². The molecule has 0 aliphatic heterocycles. The highest BCUT2D eigenvalue weighted by atomic mass is 32.2. The van der Waals surface area contributed by atoms with Crippen molar-refractivity contribution in [1.82, 2.24) is 18.9 Å². The van der Waals surface area contributed by atoms with E-state index in [0.29, 0.717) is 24.9 Å². The van der Waals surface area contributed by atoms with Gasteiger partial charge in [-0.3, -0.25) is 9.20 Å². The van der Waals surface area contributed by atoms with Crippen LogP contribution >= 0.6 is 0 Å². The van der Waals surface area contributed by atoms with Gasteiger partial charge < -0.3 is 0 Å². The molecule has 7 nitrogen and oxygen atoms in total. The predicted molar refractivity (Wildman–Crippen MR) is 94.9 cm³/mol. The minimum Gasteiger partial charge on any atom is -0.297 e. The molecule has 144 valence electrons. The Balaban J connectivity index is 1.98. The summed E-state index contributed by atoms with van der Waals surface area (Å²) >= 11 is 0. The molecule has 0 aliphatic carbocycles. The molecule has 10 heteroatoms. The van der Waals surface area contributed by atoms with Crippen molar-refractivity contribution in [2.45, 2.75) is 38.3 Å². The minimum absolute atomic E-state index is 0.00740. The first-order valence-electron chi connectivity index (χ1n) is 8.32. The molecule has 3 aromatic rings. The quantitative estimate of drug-likeness (QED) is 0.689. The fourth-order valence-corrected chi connectivity index (χ4v) is 3.73. The minimum atomic E-state index is -4.02. The molecule has 0 bridgehead atoms. The van der Waals surface area contributed by atoms with Gasteiger partial charge in [0.2, 0.25) is 10.0 Å². The third-order valence-electron chi connectivity index (χ3n) is 4.16. The molecular weight excluding hydrogens is 378 g/mol. The second kappa shape index (κ2) is 7.20. The number of fused-ring (bicyclic) bond motifs is 1. The second-order valence-corrected chi connectivity index (χ2v) is 7.65. The largest absolute Gasteiger partial charge is 0.297 e. The van der Waals surface area contributed by atoms with E-state index in [9.17, 15) is 22.0 Å². The Bertz CT molecular complexity index is 1170.